The van der Waals surface area contributed by atoms with E-state index < -0.39 is 0 Å². The molecule has 1 amide bonds. The summed E-state index contributed by atoms with van der Waals surface area (Å²) in [4.78, 5) is 29.0. The molecule has 0 aliphatic carbocycles. The minimum atomic E-state index is -0.0593. The smallest absolute Gasteiger partial charge is 0.261 e. The van der Waals surface area contributed by atoms with Crippen molar-refractivity contribution >= 4 is 16.8 Å². The van der Waals surface area contributed by atoms with Gasteiger partial charge in [0.05, 0.1) is 23.5 Å². The number of para-hydroxylation sites is 1. The lowest BCUT2D eigenvalue weighted by Crippen LogP contribution is -2.33. The number of carbonyl (C=O) groups is 1. The van der Waals surface area contributed by atoms with Crippen molar-refractivity contribution in [1.82, 2.24) is 14.9 Å². The molecule has 1 atom stereocenters. The highest BCUT2D eigenvalue weighted by Crippen LogP contribution is 2.11. The van der Waals surface area contributed by atoms with Gasteiger partial charge in [-0.25, -0.2) is 4.98 Å². The van der Waals surface area contributed by atoms with Gasteiger partial charge in [-0.1, -0.05) is 12.1 Å². The Kier molecular flexibility index (Phi) is 6.06. The second-order valence-corrected chi connectivity index (χ2v) is 6.90. The Labute approximate surface area is 158 Å². The predicted octanol–water partition coefficient (Wildman–Crippen LogP) is 3.22. The Balaban J connectivity index is 1.48. The van der Waals surface area contributed by atoms with Gasteiger partial charge in [-0.2, -0.15) is 0 Å². The molecule has 142 valence electrons. The average molecular weight is 367 g/mol. The Morgan fingerprint density at radius 2 is 2.15 bits per heavy atom. The molecule has 3 rings (SSSR count). The van der Waals surface area contributed by atoms with Crippen LogP contribution in [0.5, 0.6) is 0 Å². The van der Waals surface area contributed by atoms with Crippen molar-refractivity contribution in [2.45, 2.75) is 52.1 Å². The molecule has 2 aromatic heterocycles. The van der Waals surface area contributed by atoms with Gasteiger partial charge in [-0.15, -0.1) is 0 Å². The first-order valence-electron chi connectivity index (χ1n) is 9.31. The van der Waals surface area contributed by atoms with E-state index in [0.717, 1.165) is 29.7 Å². The Bertz CT molecular complexity index is 960. The van der Waals surface area contributed by atoms with E-state index in [9.17, 15) is 9.59 Å². The standard InChI is InChI=1S/C21H25N3O3/c1-15-6-3-8-18-20(15)22-14-24(21(18)26)12-4-9-19(25)23-16(2)10-11-17-7-5-13-27-17/h3,5-8,13-14,16H,4,9-12H2,1-2H3,(H,23,25). The molecule has 0 saturated carbocycles. The molecule has 27 heavy (non-hydrogen) atoms. The van der Waals surface area contributed by atoms with E-state index in [-0.39, 0.29) is 17.5 Å². The Morgan fingerprint density at radius 3 is 2.93 bits per heavy atom. The van der Waals surface area contributed by atoms with Gasteiger partial charge in [0, 0.05) is 25.4 Å². The van der Waals surface area contributed by atoms with Crippen molar-refractivity contribution in [3.8, 4) is 0 Å². The van der Waals surface area contributed by atoms with E-state index in [0.29, 0.717) is 24.8 Å². The predicted molar refractivity (Wildman–Crippen MR) is 105 cm³/mol. The summed E-state index contributed by atoms with van der Waals surface area (Å²) < 4.78 is 6.88. The SMILES string of the molecule is Cc1cccc2c(=O)n(CCCC(=O)NC(C)CCc3ccco3)cnc12. The van der Waals surface area contributed by atoms with Crippen LogP contribution in [0.3, 0.4) is 0 Å². The second kappa shape index (κ2) is 8.66. The molecule has 1 aromatic carbocycles. The van der Waals surface area contributed by atoms with Crippen molar-refractivity contribution in [3.05, 3.63) is 64.6 Å². The summed E-state index contributed by atoms with van der Waals surface area (Å²) >= 11 is 0. The number of nitrogens with one attached hydrogen (secondary N) is 1. The van der Waals surface area contributed by atoms with Crippen molar-refractivity contribution < 1.29 is 9.21 Å². The number of hydrogen-bond donors (Lipinski definition) is 1. The van der Waals surface area contributed by atoms with Crippen molar-refractivity contribution in [2.24, 2.45) is 0 Å². The van der Waals surface area contributed by atoms with Gasteiger partial charge in [0.25, 0.3) is 5.56 Å². The lowest BCUT2D eigenvalue weighted by molar-refractivity contribution is -0.121. The van der Waals surface area contributed by atoms with Gasteiger partial charge in [0.1, 0.15) is 5.76 Å². The van der Waals surface area contributed by atoms with Crippen LogP contribution in [0, 0.1) is 6.92 Å². The molecule has 2 heterocycles. The third-order valence-corrected chi connectivity index (χ3v) is 4.67. The summed E-state index contributed by atoms with van der Waals surface area (Å²) in [5.74, 6) is 0.925. The van der Waals surface area contributed by atoms with Crippen LogP contribution in [0.15, 0.2) is 52.1 Å². The third-order valence-electron chi connectivity index (χ3n) is 4.67. The fraction of sp³-hybridized carbons (Fsp3) is 0.381. The number of amides is 1. The van der Waals surface area contributed by atoms with Crippen molar-refractivity contribution in [3.63, 3.8) is 0 Å². The molecule has 3 aromatic rings. The highest BCUT2D eigenvalue weighted by Gasteiger charge is 2.10. The lowest BCUT2D eigenvalue weighted by atomic mass is 10.1. The van der Waals surface area contributed by atoms with E-state index in [1.54, 1.807) is 23.2 Å². The topological polar surface area (TPSA) is 77.1 Å². The monoisotopic (exact) mass is 367 g/mol. The zero-order chi connectivity index (χ0) is 19.2. The summed E-state index contributed by atoms with van der Waals surface area (Å²) in [6, 6.07) is 9.48. The van der Waals surface area contributed by atoms with Gasteiger partial charge in [0.2, 0.25) is 5.91 Å². The highest BCUT2D eigenvalue weighted by atomic mass is 16.3. The number of furan rings is 1. The molecule has 0 saturated heterocycles. The number of aromatic nitrogens is 2. The molecule has 0 aliphatic rings. The fourth-order valence-electron chi connectivity index (χ4n) is 3.14. The number of carbonyl (C=O) groups excluding carboxylic acids is 1. The van der Waals surface area contributed by atoms with Crippen LogP contribution in [0.4, 0.5) is 0 Å². The number of rotatable bonds is 8. The van der Waals surface area contributed by atoms with Crippen LogP contribution in [0.25, 0.3) is 10.9 Å². The molecular formula is C21H25N3O3. The summed E-state index contributed by atoms with van der Waals surface area (Å²) in [5.41, 5.74) is 1.66. The van der Waals surface area contributed by atoms with Crippen molar-refractivity contribution in [1.29, 1.82) is 0 Å². The van der Waals surface area contributed by atoms with Gasteiger partial charge in [0.15, 0.2) is 0 Å². The van der Waals surface area contributed by atoms with Crippen LogP contribution in [0.2, 0.25) is 0 Å². The number of nitrogens with zero attached hydrogens (tertiary/aromatic N) is 2. The molecular weight excluding hydrogens is 342 g/mol. The molecule has 0 spiro atoms. The van der Waals surface area contributed by atoms with Crippen LogP contribution >= 0.6 is 0 Å². The molecule has 6 heteroatoms. The third kappa shape index (κ3) is 4.84. The number of aryl methyl sites for hydroxylation is 3. The van der Waals surface area contributed by atoms with Crippen LogP contribution < -0.4 is 10.9 Å². The molecule has 0 bridgehead atoms. The summed E-state index contributed by atoms with van der Waals surface area (Å²) in [5, 5.41) is 3.62. The summed E-state index contributed by atoms with van der Waals surface area (Å²) in [6.45, 7) is 4.40. The molecule has 1 unspecified atom stereocenters. The van der Waals surface area contributed by atoms with Crippen LogP contribution in [0.1, 0.15) is 37.5 Å². The summed E-state index contributed by atoms with van der Waals surface area (Å²) in [6.07, 6.45) is 5.82. The van der Waals surface area contributed by atoms with Crippen LogP contribution in [-0.4, -0.2) is 21.5 Å². The maximum atomic E-state index is 12.5. The second-order valence-electron chi connectivity index (χ2n) is 6.90. The minimum absolute atomic E-state index is 0.000383. The normalized spacial score (nSPS) is 12.2. The molecule has 0 aliphatic heterocycles. The van der Waals surface area contributed by atoms with E-state index in [1.165, 1.54) is 0 Å². The average Bonchev–Trinajstić information content (AvgIpc) is 3.16. The maximum absolute atomic E-state index is 12.5. The quantitative estimate of drug-likeness (QED) is 0.663. The highest BCUT2D eigenvalue weighted by molar-refractivity contribution is 5.80. The first-order chi connectivity index (χ1) is 13.0. The molecule has 6 nitrogen and oxygen atoms in total. The fourth-order valence-corrected chi connectivity index (χ4v) is 3.14. The molecule has 0 radical (unpaired) electrons. The maximum Gasteiger partial charge on any atom is 0.261 e. The van der Waals surface area contributed by atoms with Gasteiger partial charge < -0.3 is 9.73 Å². The number of benzene rings is 1. The zero-order valence-electron chi connectivity index (χ0n) is 15.8. The summed E-state index contributed by atoms with van der Waals surface area (Å²) in [7, 11) is 0. The minimum Gasteiger partial charge on any atom is -0.469 e. The van der Waals surface area contributed by atoms with E-state index in [4.69, 9.17) is 4.42 Å². The molecule has 1 N–H and O–H groups in total. The van der Waals surface area contributed by atoms with Crippen LogP contribution in [-0.2, 0) is 17.8 Å². The number of fused-ring (bicyclic) bond motifs is 1. The largest absolute Gasteiger partial charge is 0.469 e. The lowest BCUT2D eigenvalue weighted by Gasteiger charge is -2.13. The van der Waals surface area contributed by atoms with E-state index >= 15 is 0 Å². The van der Waals surface area contributed by atoms with Gasteiger partial charge >= 0.3 is 0 Å². The Morgan fingerprint density at radius 1 is 1.30 bits per heavy atom. The van der Waals surface area contributed by atoms with Crippen molar-refractivity contribution in [2.75, 3.05) is 0 Å². The zero-order valence-corrected chi connectivity index (χ0v) is 15.8. The van der Waals surface area contributed by atoms with Gasteiger partial charge in [-0.3, -0.25) is 14.2 Å². The van der Waals surface area contributed by atoms with Gasteiger partial charge in [-0.05, 0) is 50.5 Å². The number of hydrogen-bond acceptors (Lipinski definition) is 4. The Hall–Kier alpha value is -2.89. The van der Waals surface area contributed by atoms with E-state index in [2.05, 4.69) is 10.3 Å². The van der Waals surface area contributed by atoms with E-state index in [1.807, 2.05) is 38.1 Å². The first-order valence-corrected chi connectivity index (χ1v) is 9.31. The molecule has 0 fully saturated rings. The first kappa shape index (κ1) is 18.9.